The second kappa shape index (κ2) is 7.56. The highest BCUT2D eigenvalue weighted by Crippen LogP contribution is 2.08. The first kappa shape index (κ1) is 11.9. The summed E-state index contributed by atoms with van der Waals surface area (Å²) >= 11 is 0. The first-order valence-electron chi connectivity index (χ1n) is 4.95. The molecule has 0 spiro atoms. The van der Waals surface area contributed by atoms with Crippen LogP contribution in [0.2, 0.25) is 0 Å². The summed E-state index contributed by atoms with van der Waals surface area (Å²) in [7, 11) is 3.94. The zero-order valence-electron chi connectivity index (χ0n) is 8.97. The molecular weight excluding hydrogens is 150 g/mol. The van der Waals surface area contributed by atoms with Crippen LogP contribution in [0, 0.1) is 0 Å². The lowest BCUT2D eigenvalue weighted by atomic mass is 10.1. The third-order valence-corrected chi connectivity index (χ3v) is 2.36. The van der Waals surface area contributed by atoms with Crippen molar-refractivity contribution in [1.29, 1.82) is 0 Å². The fourth-order valence-electron chi connectivity index (χ4n) is 1.49. The first-order valence-corrected chi connectivity index (χ1v) is 4.95. The number of hydrogen-bond donors (Lipinski definition) is 0. The average Bonchev–Trinajstić information content (AvgIpc) is 2.10. The van der Waals surface area contributed by atoms with Crippen LogP contribution in [0.1, 0.15) is 33.1 Å². The van der Waals surface area contributed by atoms with Crippen molar-refractivity contribution in [1.82, 2.24) is 4.90 Å². The summed E-state index contributed by atoms with van der Waals surface area (Å²) < 4.78 is 5.04. The zero-order valence-corrected chi connectivity index (χ0v) is 8.97. The summed E-state index contributed by atoms with van der Waals surface area (Å²) in [5.74, 6) is 0. The molecule has 74 valence electrons. The Morgan fingerprint density at radius 3 is 2.42 bits per heavy atom. The number of methoxy groups -OCH3 is 1. The number of likely N-dealkylation sites (N-methyl/N-ethyl adjacent to an activating group) is 1. The van der Waals surface area contributed by atoms with E-state index in [1.54, 1.807) is 7.11 Å². The minimum Gasteiger partial charge on any atom is -0.383 e. The van der Waals surface area contributed by atoms with Gasteiger partial charge >= 0.3 is 0 Å². The Morgan fingerprint density at radius 2 is 2.00 bits per heavy atom. The molecule has 0 saturated carbocycles. The van der Waals surface area contributed by atoms with E-state index in [1.165, 1.54) is 19.3 Å². The predicted molar refractivity (Wildman–Crippen MR) is 53.5 cm³/mol. The van der Waals surface area contributed by atoms with Crippen LogP contribution in [-0.4, -0.2) is 38.3 Å². The molecule has 0 rings (SSSR count). The van der Waals surface area contributed by atoms with Gasteiger partial charge in [-0.15, -0.1) is 0 Å². The van der Waals surface area contributed by atoms with Crippen molar-refractivity contribution < 1.29 is 4.74 Å². The second-order valence-corrected chi connectivity index (χ2v) is 3.32. The number of ether oxygens (including phenoxy) is 1. The molecule has 2 heteroatoms. The Hall–Kier alpha value is -0.0800. The van der Waals surface area contributed by atoms with E-state index in [0.717, 1.165) is 19.2 Å². The molecule has 0 amide bonds. The van der Waals surface area contributed by atoms with E-state index >= 15 is 0 Å². The lowest BCUT2D eigenvalue weighted by Crippen LogP contribution is -2.33. The van der Waals surface area contributed by atoms with Crippen LogP contribution in [0.3, 0.4) is 0 Å². The van der Waals surface area contributed by atoms with Crippen molar-refractivity contribution in [3.05, 3.63) is 0 Å². The Labute approximate surface area is 76.9 Å². The summed E-state index contributed by atoms with van der Waals surface area (Å²) in [5, 5.41) is 0. The SMILES string of the molecule is CCCC(CC)N(C)CCOC. The Kier molecular flexibility index (Phi) is 7.51. The van der Waals surface area contributed by atoms with E-state index in [0.29, 0.717) is 0 Å². The van der Waals surface area contributed by atoms with E-state index in [4.69, 9.17) is 4.74 Å². The van der Waals surface area contributed by atoms with Crippen LogP contribution >= 0.6 is 0 Å². The van der Waals surface area contributed by atoms with Crippen molar-refractivity contribution in [3.8, 4) is 0 Å². The standard InChI is InChI=1S/C10H23NO/c1-5-7-10(6-2)11(3)8-9-12-4/h10H,5-9H2,1-4H3. The average molecular weight is 173 g/mol. The lowest BCUT2D eigenvalue weighted by Gasteiger charge is -2.26. The molecule has 0 aromatic carbocycles. The highest BCUT2D eigenvalue weighted by Gasteiger charge is 2.10. The molecule has 0 bridgehead atoms. The molecule has 0 aromatic rings. The molecule has 0 fully saturated rings. The smallest absolute Gasteiger partial charge is 0.0589 e. The highest BCUT2D eigenvalue weighted by atomic mass is 16.5. The fourth-order valence-corrected chi connectivity index (χ4v) is 1.49. The molecular formula is C10H23NO. The van der Waals surface area contributed by atoms with Gasteiger partial charge in [0.05, 0.1) is 6.61 Å². The van der Waals surface area contributed by atoms with Crippen molar-refractivity contribution in [2.45, 2.75) is 39.2 Å². The first-order chi connectivity index (χ1) is 5.76. The monoisotopic (exact) mass is 173 g/mol. The van der Waals surface area contributed by atoms with E-state index in [2.05, 4.69) is 25.8 Å². The van der Waals surface area contributed by atoms with Gasteiger partial charge in [-0.25, -0.2) is 0 Å². The van der Waals surface area contributed by atoms with E-state index < -0.39 is 0 Å². The molecule has 1 unspecified atom stereocenters. The van der Waals surface area contributed by atoms with Crippen LogP contribution in [0.25, 0.3) is 0 Å². The molecule has 0 aromatic heterocycles. The topological polar surface area (TPSA) is 12.5 Å². The van der Waals surface area contributed by atoms with Gasteiger partial charge in [0.15, 0.2) is 0 Å². The van der Waals surface area contributed by atoms with Gasteiger partial charge in [-0.3, -0.25) is 0 Å². The van der Waals surface area contributed by atoms with Gasteiger partial charge < -0.3 is 9.64 Å². The molecule has 0 radical (unpaired) electrons. The van der Waals surface area contributed by atoms with E-state index in [9.17, 15) is 0 Å². The summed E-state index contributed by atoms with van der Waals surface area (Å²) in [5.41, 5.74) is 0. The zero-order chi connectivity index (χ0) is 9.40. The molecule has 0 aliphatic heterocycles. The molecule has 2 nitrogen and oxygen atoms in total. The minimum absolute atomic E-state index is 0.741. The third-order valence-electron chi connectivity index (χ3n) is 2.36. The maximum atomic E-state index is 5.04. The Bertz CT molecular complexity index is 95.8. The third kappa shape index (κ3) is 4.73. The second-order valence-electron chi connectivity index (χ2n) is 3.32. The summed E-state index contributed by atoms with van der Waals surface area (Å²) in [6.07, 6.45) is 3.82. The Morgan fingerprint density at radius 1 is 1.33 bits per heavy atom. The van der Waals surface area contributed by atoms with Crippen LogP contribution in [-0.2, 0) is 4.74 Å². The number of hydrogen-bond acceptors (Lipinski definition) is 2. The molecule has 0 aliphatic carbocycles. The molecule has 0 saturated heterocycles. The maximum absolute atomic E-state index is 5.04. The minimum atomic E-state index is 0.741. The molecule has 12 heavy (non-hydrogen) atoms. The van der Waals surface area contributed by atoms with Crippen molar-refractivity contribution >= 4 is 0 Å². The Balaban J connectivity index is 3.60. The predicted octanol–water partition coefficient (Wildman–Crippen LogP) is 2.14. The van der Waals surface area contributed by atoms with Gasteiger partial charge in [0.2, 0.25) is 0 Å². The molecule has 1 atom stereocenters. The van der Waals surface area contributed by atoms with Crippen molar-refractivity contribution in [2.75, 3.05) is 27.3 Å². The van der Waals surface area contributed by atoms with Gasteiger partial charge in [-0.05, 0) is 19.9 Å². The van der Waals surface area contributed by atoms with Crippen LogP contribution in [0.15, 0.2) is 0 Å². The van der Waals surface area contributed by atoms with Gasteiger partial charge in [-0.1, -0.05) is 20.3 Å². The molecule has 0 aliphatic rings. The number of rotatable bonds is 7. The van der Waals surface area contributed by atoms with Crippen molar-refractivity contribution in [2.24, 2.45) is 0 Å². The largest absolute Gasteiger partial charge is 0.383 e. The molecule has 0 heterocycles. The summed E-state index contributed by atoms with van der Waals surface area (Å²) in [6, 6.07) is 0.741. The summed E-state index contributed by atoms with van der Waals surface area (Å²) in [4.78, 5) is 2.40. The van der Waals surface area contributed by atoms with Crippen LogP contribution < -0.4 is 0 Å². The molecule has 0 N–H and O–H groups in total. The van der Waals surface area contributed by atoms with Crippen molar-refractivity contribution in [3.63, 3.8) is 0 Å². The van der Waals surface area contributed by atoms with Gasteiger partial charge in [0, 0.05) is 19.7 Å². The van der Waals surface area contributed by atoms with Gasteiger partial charge in [0.25, 0.3) is 0 Å². The number of nitrogens with zero attached hydrogens (tertiary/aromatic N) is 1. The summed E-state index contributed by atoms with van der Waals surface area (Å²) in [6.45, 7) is 6.39. The van der Waals surface area contributed by atoms with Crippen LogP contribution in [0.5, 0.6) is 0 Å². The highest BCUT2D eigenvalue weighted by molar-refractivity contribution is 4.65. The lowest BCUT2D eigenvalue weighted by molar-refractivity contribution is 0.133. The van der Waals surface area contributed by atoms with Gasteiger partial charge in [-0.2, -0.15) is 0 Å². The van der Waals surface area contributed by atoms with Gasteiger partial charge in [0.1, 0.15) is 0 Å². The maximum Gasteiger partial charge on any atom is 0.0589 e. The van der Waals surface area contributed by atoms with E-state index in [1.807, 2.05) is 0 Å². The quantitative estimate of drug-likeness (QED) is 0.585. The van der Waals surface area contributed by atoms with Crippen LogP contribution in [0.4, 0.5) is 0 Å². The normalized spacial score (nSPS) is 13.8. The van der Waals surface area contributed by atoms with E-state index in [-0.39, 0.29) is 0 Å². The fraction of sp³-hybridized carbons (Fsp3) is 1.00.